The van der Waals surface area contributed by atoms with E-state index < -0.39 is 35.5 Å². The van der Waals surface area contributed by atoms with Crippen molar-refractivity contribution in [2.45, 2.75) is 12.3 Å². The average Bonchev–Trinajstić information content (AvgIpc) is 3.00. The molecule has 45 heavy (non-hydrogen) atoms. The third-order valence-electron chi connectivity index (χ3n) is 6.96. The monoisotopic (exact) mass is 616 g/mol. The van der Waals surface area contributed by atoms with Gasteiger partial charge in [-0.15, -0.1) is 0 Å². The van der Waals surface area contributed by atoms with E-state index in [1.165, 1.54) is 12.1 Å². The maximum absolute atomic E-state index is 14.8. The molecule has 0 saturated carbocycles. The van der Waals surface area contributed by atoms with Crippen molar-refractivity contribution < 1.29 is 42.1 Å². The van der Waals surface area contributed by atoms with Crippen LogP contribution in [0.5, 0.6) is 11.5 Å². The second kappa shape index (κ2) is 13.2. The van der Waals surface area contributed by atoms with Crippen LogP contribution in [0.25, 0.3) is 11.1 Å². The minimum atomic E-state index is -1.63. The summed E-state index contributed by atoms with van der Waals surface area (Å²) >= 11 is 0. The molecule has 0 atom stereocenters. The number of hydrogen-bond acceptors (Lipinski definition) is 3. The first kappa shape index (κ1) is 30.6. The molecule has 11 heteroatoms. The molecule has 0 aliphatic carbocycles. The summed E-state index contributed by atoms with van der Waals surface area (Å²) in [7, 11) is 0. The molecule has 0 aliphatic rings. The van der Waals surface area contributed by atoms with Crippen LogP contribution >= 0.6 is 0 Å². The van der Waals surface area contributed by atoms with Crippen molar-refractivity contribution in [2.24, 2.45) is 0 Å². The fourth-order valence-corrected chi connectivity index (χ4v) is 4.84. The predicted octanol–water partition coefficient (Wildman–Crippen LogP) is 9.26. The zero-order valence-corrected chi connectivity index (χ0v) is 23.2. The van der Waals surface area contributed by atoms with Crippen LogP contribution in [0, 0.1) is 23.3 Å². The van der Waals surface area contributed by atoms with E-state index >= 15 is 0 Å². The molecular formula is C34H24F4N2O5. The second-order valence-electron chi connectivity index (χ2n) is 10.0. The standard InChI is InChI=1S/C34H24F4N2O5/c35-29-18-26(13-14-27(29)22-16-30(36)32(38)31(37)17-22)45-25-11-1-19(2-12-25)15-28(20-3-7-23(8-4-20)39-33(41)42)21-5-9-24(10-6-21)40-34(43)44/h1-14,16-18,28,39-40H,15H2,(H,41,42)(H,43,44). The van der Waals surface area contributed by atoms with Gasteiger partial charge in [-0.1, -0.05) is 36.4 Å². The zero-order valence-electron chi connectivity index (χ0n) is 23.2. The van der Waals surface area contributed by atoms with E-state index in [2.05, 4.69) is 10.6 Å². The lowest BCUT2D eigenvalue weighted by atomic mass is 9.86. The normalized spacial score (nSPS) is 10.9. The highest BCUT2D eigenvalue weighted by Crippen LogP contribution is 2.33. The first-order valence-corrected chi connectivity index (χ1v) is 13.5. The lowest BCUT2D eigenvalue weighted by Crippen LogP contribution is -2.09. The number of benzene rings is 5. The van der Waals surface area contributed by atoms with Crippen LogP contribution in [0.2, 0.25) is 0 Å². The average molecular weight is 617 g/mol. The van der Waals surface area contributed by atoms with Gasteiger partial charge < -0.3 is 14.9 Å². The molecule has 4 N–H and O–H groups in total. The Hall–Kier alpha value is -5.84. The Morgan fingerprint density at radius 2 is 1.11 bits per heavy atom. The van der Waals surface area contributed by atoms with Crippen molar-refractivity contribution >= 4 is 23.6 Å². The van der Waals surface area contributed by atoms with E-state index in [0.29, 0.717) is 35.7 Å². The molecule has 5 aromatic rings. The quantitative estimate of drug-likeness (QED) is 0.0975. The van der Waals surface area contributed by atoms with Crippen LogP contribution in [0.4, 0.5) is 38.5 Å². The van der Waals surface area contributed by atoms with Gasteiger partial charge in [0.05, 0.1) is 0 Å². The molecule has 0 heterocycles. The van der Waals surface area contributed by atoms with Crippen molar-refractivity contribution in [1.29, 1.82) is 0 Å². The molecule has 0 saturated heterocycles. The van der Waals surface area contributed by atoms with Crippen molar-refractivity contribution in [3.8, 4) is 22.6 Å². The predicted molar refractivity (Wildman–Crippen MR) is 160 cm³/mol. The lowest BCUT2D eigenvalue weighted by Gasteiger charge is -2.20. The van der Waals surface area contributed by atoms with E-state index in [0.717, 1.165) is 22.8 Å². The van der Waals surface area contributed by atoms with Gasteiger partial charge in [0.15, 0.2) is 17.5 Å². The fourth-order valence-electron chi connectivity index (χ4n) is 4.84. The minimum Gasteiger partial charge on any atom is -0.465 e. The fraction of sp³-hybridized carbons (Fsp3) is 0.0588. The van der Waals surface area contributed by atoms with Crippen molar-refractivity contribution in [2.75, 3.05) is 10.6 Å². The number of amides is 2. The van der Waals surface area contributed by atoms with Gasteiger partial charge in [-0.05, 0) is 89.3 Å². The Balaban J connectivity index is 1.34. The van der Waals surface area contributed by atoms with Gasteiger partial charge in [0.1, 0.15) is 17.3 Å². The molecule has 0 fully saturated rings. The molecule has 0 radical (unpaired) electrons. The van der Waals surface area contributed by atoms with Crippen LogP contribution in [-0.4, -0.2) is 22.4 Å². The summed E-state index contributed by atoms with van der Waals surface area (Å²) in [5.41, 5.74) is 3.23. The Bertz CT molecular complexity index is 1760. The van der Waals surface area contributed by atoms with E-state index in [-0.39, 0.29) is 22.8 Å². The number of rotatable bonds is 9. The van der Waals surface area contributed by atoms with E-state index in [1.54, 1.807) is 36.4 Å². The maximum atomic E-state index is 14.8. The van der Waals surface area contributed by atoms with Crippen molar-refractivity contribution in [1.82, 2.24) is 0 Å². The SMILES string of the molecule is O=C(O)Nc1ccc(C(Cc2ccc(Oc3ccc(-c4cc(F)c(F)c(F)c4)c(F)c3)cc2)c2ccc(NC(=O)O)cc2)cc1. The summed E-state index contributed by atoms with van der Waals surface area (Å²) in [6.07, 6.45) is -1.84. The summed E-state index contributed by atoms with van der Waals surface area (Å²) in [5, 5.41) is 22.6. The minimum absolute atomic E-state index is 0.125. The Morgan fingerprint density at radius 3 is 1.58 bits per heavy atom. The van der Waals surface area contributed by atoms with Crippen LogP contribution in [0.15, 0.2) is 103 Å². The molecule has 0 spiro atoms. The molecule has 228 valence electrons. The van der Waals surface area contributed by atoms with Gasteiger partial charge in [-0.3, -0.25) is 10.6 Å². The summed E-state index contributed by atoms with van der Waals surface area (Å²) in [6.45, 7) is 0. The highest BCUT2D eigenvalue weighted by atomic mass is 19.2. The molecule has 5 aromatic carbocycles. The number of halogens is 4. The van der Waals surface area contributed by atoms with E-state index in [9.17, 15) is 27.2 Å². The van der Waals surface area contributed by atoms with Crippen molar-refractivity contribution in [3.05, 3.63) is 143 Å². The largest absolute Gasteiger partial charge is 0.465 e. The molecule has 2 amide bonds. The number of ether oxygens (including phenoxy) is 1. The summed E-state index contributed by atoms with van der Waals surface area (Å²) in [6, 6.07) is 26.1. The summed E-state index contributed by atoms with van der Waals surface area (Å²) < 4.78 is 61.2. The van der Waals surface area contributed by atoms with Crippen LogP contribution in [-0.2, 0) is 6.42 Å². The van der Waals surface area contributed by atoms with Gasteiger partial charge in [-0.2, -0.15) is 0 Å². The number of hydrogen-bond donors (Lipinski definition) is 4. The highest BCUT2D eigenvalue weighted by molar-refractivity contribution is 5.83. The molecule has 0 unspecified atom stereocenters. The number of carbonyl (C=O) groups is 2. The Morgan fingerprint density at radius 1 is 0.622 bits per heavy atom. The second-order valence-corrected chi connectivity index (χ2v) is 10.0. The number of anilines is 2. The van der Waals surface area contributed by atoms with Crippen molar-refractivity contribution in [3.63, 3.8) is 0 Å². The summed E-state index contributed by atoms with van der Waals surface area (Å²) in [5.74, 6) is -4.95. The first-order valence-electron chi connectivity index (χ1n) is 13.5. The Labute approximate surface area is 254 Å². The third kappa shape index (κ3) is 7.57. The topological polar surface area (TPSA) is 108 Å². The van der Waals surface area contributed by atoms with Gasteiger partial charge in [0.2, 0.25) is 0 Å². The molecule has 0 aliphatic heterocycles. The maximum Gasteiger partial charge on any atom is 0.409 e. The highest BCUT2D eigenvalue weighted by Gasteiger charge is 2.17. The van der Waals surface area contributed by atoms with Gasteiger partial charge in [0, 0.05) is 28.9 Å². The van der Waals surface area contributed by atoms with Crippen LogP contribution in [0.3, 0.4) is 0 Å². The molecular weight excluding hydrogens is 592 g/mol. The van der Waals surface area contributed by atoms with E-state index in [4.69, 9.17) is 14.9 Å². The van der Waals surface area contributed by atoms with Gasteiger partial charge in [-0.25, -0.2) is 27.2 Å². The molecule has 0 aromatic heterocycles. The molecule has 7 nitrogen and oxygen atoms in total. The number of carboxylic acid groups (broad SMARTS) is 2. The molecule has 5 rings (SSSR count). The van der Waals surface area contributed by atoms with Gasteiger partial charge >= 0.3 is 12.2 Å². The zero-order chi connectivity index (χ0) is 32.1. The lowest BCUT2D eigenvalue weighted by molar-refractivity contribution is 0.208. The van der Waals surface area contributed by atoms with E-state index in [1.807, 2.05) is 36.4 Å². The smallest absolute Gasteiger partial charge is 0.409 e. The van der Waals surface area contributed by atoms with Gasteiger partial charge in [0.25, 0.3) is 0 Å². The molecule has 0 bridgehead atoms. The Kier molecular flexibility index (Phi) is 8.99. The summed E-state index contributed by atoms with van der Waals surface area (Å²) in [4.78, 5) is 22.0. The number of nitrogens with one attached hydrogen (secondary N) is 2. The van der Waals surface area contributed by atoms with Crippen LogP contribution in [0.1, 0.15) is 22.6 Å². The van der Waals surface area contributed by atoms with Crippen LogP contribution < -0.4 is 15.4 Å². The third-order valence-corrected chi connectivity index (χ3v) is 6.96. The first-order chi connectivity index (χ1) is 21.5.